The Morgan fingerprint density at radius 1 is 1.06 bits per heavy atom. The predicted octanol–water partition coefficient (Wildman–Crippen LogP) is 5.99. The first-order valence-electron chi connectivity index (χ1n) is 10.9. The highest BCUT2D eigenvalue weighted by Crippen LogP contribution is 2.29. The lowest BCUT2D eigenvalue weighted by Gasteiger charge is -2.09. The maximum Gasteiger partial charge on any atom is 0.262 e. The zero-order chi connectivity index (χ0) is 24.1. The molecule has 0 unspecified atom stereocenters. The van der Waals surface area contributed by atoms with E-state index in [1.165, 1.54) is 5.56 Å². The highest BCUT2D eigenvalue weighted by molar-refractivity contribution is 9.10. The highest BCUT2D eigenvalue weighted by Gasteiger charge is 2.16. The fourth-order valence-corrected chi connectivity index (χ4v) is 4.19. The largest absolute Gasteiger partial charge is 0.497 e. The van der Waals surface area contributed by atoms with Crippen LogP contribution in [0.15, 0.2) is 82.8 Å². The minimum Gasteiger partial charge on any atom is -0.497 e. The molecule has 1 heterocycles. The first kappa shape index (κ1) is 23.3. The van der Waals surface area contributed by atoms with Gasteiger partial charge in [-0.1, -0.05) is 58.4 Å². The number of hydrogen-bond acceptors (Lipinski definition) is 3. The summed E-state index contributed by atoms with van der Waals surface area (Å²) in [6.07, 6.45) is 1.69. The summed E-state index contributed by atoms with van der Waals surface area (Å²) in [5.41, 5.74) is 5.10. The molecule has 1 N–H and O–H groups in total. The van der Waals surface area contributed by atoms with Crippen molar-refractivity contribution in [2.24, 2.45) is 0 Å². The van der Waals surface area contributed by atoms with E-state index in [1.54, 1.807) is 13.2 Å². The number of carbonyl (C=O) groups is 1. The van der Waals surface area contributed by atoms with Crippen LogP contribution in [0.1, 0.15) is 22.4 Å². The monoisotopic (exact) mass is 513 g/mol. The minimum absolute atomic E-state index is 0.0724. The summed E-state index contributed by atoms with van der Waals surface area (Å²) in [6.45, 7) is 3.04. The van der Waals surface area contributed by atoms with E-state index in [4.69, 9.17) is 4.74 Å². The van der Waals surface area contributed by atoms with Crippen molar-refractivity contribution in [1.29, 1.82) is 5.26 Å². The summed E-state index contributed by atoms with van der Waals surface area (Å²) in [6, 6.07) is 25.8. The number of benzene rings is 3. The summed E-state index contributed by atoms with van der Waals surface area (Å²) in [4.78, 5) is 12.8. The standard InChI is InChI=1S/C28H24BrN3O2/c1-19-26(15-22(16-30)28(33)31-17-20-9-13-24(34-2)14-10-20)25-5-3-4-6-27(25)32(19)18-21-7-11-23(29)12-8-21/h3-15H,17-18H2,1-2H3,(H,31,33)/b22-15-. The Kier molecular flexibility index (Phi) is 7.15. The number of halogens is 1. The fraction of sp³-hybridized carbons (Fsp3) is 0.143. The molecule has 5 nitrogen and oxygen atoms in total. The maximum absolute atomic E-state index is 12.8. The van der Waals surface area contributed by atoms with Gasteiger partial charge in [0.1, 0.15) is 17.4 Å². The molecule has 0 radical (unpaired) electrons. The van der Waals surface area contributed by atoms with E-state index in [1.807, 2.05) is 61.5 Å². The van der Waals surface area contributed by atoms with Crippen molar-refractivity contribution in [3.8, 4) is 11.8 Å². The average molecular weight is 514 g/mol. The Morgan fingerprint density at radius 3 is 2.41 bits per heavy atom. The molecule has 0 aliphatic carbocycles. The van der Waals surface area contributed by atoms with Gasteiger partial charge in [-0.3, -0.25) is 4.79 Å². The van der Waals surface area contributed by atoms with Crippen LogP contribution >= 0.6 is 15.9 Å². The third-order valence-corrected chi connectivity index (χ3v) is 6.33. The molecule has 34 heavy (non-hydrogen) atoms. The van der Waals surface area contributed by atoms with Crippen LogP contribution in [0.3, 0.4) is 0 Å². The van der Waals surface area contributed by atoms with Gasteiger partial charge in [-0.05, 0) is 54.5 Å². The number of nitrogens with one attached hydrogen (secondary N) is 1. The van der Waals surface area contributed by atoms with Crippen molar-refractivity contribution >= 4 is 38.8 Å². The molecule has 0 saturated heterocycles. The number of carbonyl (C=O) groups excluding carboxylic acids is 1. The van der Waals surface area contributed by atoms with Gasteiger partial charge >= 0.3 is 0 Å². The van der Waals surface area contributed by atoms with Gasteiger partial charge in [0, 0.05) is 39.7 Å². The summed E-state index contributed by atoms with van der Waals surface area (Å²) >= 11 is 3.48. The average Bonchev–Trinajstić information content (AvgIpc) is 3.13. The maximum atomic E-state index is 12.8. The fourth-order valence-electron chi connectivity index (χ4n) is 3.93. The smallest absolute Gasteiger partial charge is 0.262 e. The van der Waals surface area contributed by atoms with Crippen LogP contribution < -0.4 is 10.1 Å². The number of hydrogen-bond donors (Lipinski definition) is 1. The Hall–Kier alpha value is -3.82. The third-order valence-electron chi connectivity index (χ3n) is 5.80. The molecule has 1 aromatic heterocycles. The van der Waals surface area contributed by atoms with Gasteiger partial charge in [-0.15, -0.1) is 0 Å². The van der Waals surface area contributed by atoms with Gasteiger partial charge in [0.15, 0.2) is 0 Å². The van der Waals surface area contributed by atoms with E-state index in [0.29, 0.717) is 13.1 Å². The van der Waals surface area contributed by atoms with Crippen LogP contribution in [0.5, 0.6) is 5.75 Å². The molecule has 3 aromatic carbocycles. The van der Waals surface area contributed by atoms with Gasteiger partial charge in [0.05, 0.1) is 7.11 Å². The summed E-state index contributed by atoms with van der Waals surface area (Å²) in [5, 5.41) is 13.6. The number of para-hydroxylation sites is 1. The van der Waals surface area contributed by atoms with E-state index in [0.717, 1.165) is 37.9 Å². The Morgan fingerprint density at radius 2 is 1.74 bits per heavy atom. The molecule has 170 valence electrons. The molecule has 0 spiro atoms. The molecule has 4 aromatic rings. The van der Waals surface area contributed by atoms with E-state index >= 15 is 0 Å². The molecule has 0 aliphatic rings. The van der Waals surface area contributed by atoms with Crippen molar-refractivity contribution in [1.82, 2.24) is 9.88 Å². The van der Waals surface area contributed by atoms with Crippen molar-refractivity contribution in [3.63, 3.8) is 0 Å². The van der Waals surface area contributed by atoms with Crippen LogP contribution in [-0.2, 0) is 17.9 Å². The van der Waals surface area contributed by atoms with Gasteiger partial charge < -0.3 is 14.6 Å². The predicted molar refractivity (Wildman–Crippen MR) is 138 cm³/mol. The third kappa shape index (κ3) is 5.05. The first-order chi connectivity index (χ1) is 16.5. The quantitative estimate of drug-likeness (QED) is 0.243. The van der Waals surface area contributed by atoms with Gasteiger partial charge in [0.2, 0.25) is 0 Å². The molecule has 0 bridgehead atoms. The van der Waals surface area contributed by atoms with Crippen molar-refractivity contribution in [3.05, 3.63) is 105 Å². The van der Waals surface area contributed by atoms with Crippen LogP contribution in [0, 0.1) is 18.3 Å². The minimum atomic E-state index is -0.401. The van der Waals surface area contributed by atoms with Crippen LogP contribution in [0.4, 0.5) is 0 Å². The number of rotatable bonds is 7. The summed E-state index contributed by atoms with van der Waals surface area (Å²) in [5.74, 6) is 0.352. The Bertz CT molecular complexity index is 1390. The van der Waals surface area contributed by atoms with Crippen molar-refractivity contribution < 1.29 is 9.53 Å². The van der Waals surface area contributed by atoms with Crippen molar-refractivity contribution in [2.75, 3.05) is 7.11 Å². The lowest BCUT2D eigenvalue weighted by Crippen LogP contribution is -2.23. The van der Waals surface area contributed by atoms with Crippen molar-refractivity contribution in [2.45, 2.75) is 20.0 Å². The number of fused-ring (bicyclic) bond motifs is 1. The number of ether oxygens (including phenoxy) is 1. The van der Waals surface area contributed by atoms with Crippen LogP contribution in [0.25, 0.3) is 17.0 Å². The molecule has 0 saturated carbocycles. The molecule has 6 heteroatoms. The zero-order valence-corrected chi connectivity index (χ0v) is 20.6. The van der Waals surface area contributed by atoms with Gasteiger partial charge in [-0.25, -0.2) is 0 Å². The van der Waals surface area contributed by atoms with E-state index in [9.17, 15) is 10.1 Å². The highest BCUT2D eigenvalue weighted by atomic mass is 79.9. The second-order valence-corrected chi connectivity index (χ2v) is 8.85. The molecular formula is C28H24BrN3O2. The second-order valence-electron chi connectivity index (χ2n) is 7.93. The first-order valence-corrected chi connectivity index (χ1v) is 11.6. The summed E-state index contributed by atoms with van der Waals surface area (Å²) in [7, 11) is 1.61. The van der Waals surface area contributed by atoms with E-state index in [2.05, 4.69) is 50.1 Å². The lowest BCUT2D eigenvalue weighted by atomic mass is 10.1. The van der Waals surface area contributed by atoms with Gasteiger partial charge in [-0.2, -0.15) is 5.26 Å². The SMILES string of the molecule is COc1ccc(CNC(=O)/C(C#N)=C\c2c(C)n(Cc3ccc(Br)cc3)c3ccccc23)cc1. The van der Waals surface area contributed by atoms with Crippen LogP contribution in [0.2, 0.25) is 0 Å². The molecule has 0 fully saturated rings. The number of methoxy groups -OCH3 is 1. The van der Waals surface area contributed by atoms with E-state index < -0.39 is 5.91 Å². The second kappa shape index (κ2) is 10.4. The summed E-state index contributed by atoms with van der Waals surface area (Å²) < 4.78 is 8.42. The van der Waals surface area contributed by atoms with Gasteiger partial charge in [0.25, 0.3) is 5.91 Å². The topological polar surface area (TPSA) is 67.0 Å². The Labute approximate surface area is 207 Å². The van der Waals surface area contributed by atoms with Crippen LogP contribution in [-0.4, -0.2) is 17.6 Å². The zero-order valence-electron chi connectivity index (χ0n) is 19.0. The molecular weight excluding hydrogens is 490 g/mol. The number of amides is 1. The molecule has 1 amide bonds. The lowest BCUT2D eigenvalue weighted by molar-refractivity contribution is -0.117. The van der Waals surface area contributed by atoms with E-state index in [-0.39, 0.29) is 5.57 Å². The normalized spacial score (nSPS) is 11.3. The number of aromatic nitrogens is 1. The molecule has 0 atom stereocenters. The number of nitrogens with zero attached hydrogens (tertiary/aromatic N) is 2. The Balaban J connectivity index is 1.62. The molecule has 4 rings (SSSR count). The molecule has 0 aliphatic heterocycles. The number of nitriles is 1.